The molecule has 1 aromatic carbocycles. The highest BCUT2D eigenvalue weighted by molar-refractivity contribution is 9.10. The first kappa shape index (κ1) is 16.8. The second-order valence-corrected chi connectivity index (χ2v) is 8.24. The van der Waals surface area contributed by atoms with Crippen LogP contribution in [0.3, 0.4) is 0 Å². The van der Waals surface area contributed by atoms with E-state index in [0.29, 0.717) is 6.04 Å². The summed E-state index contributed by atoms with van der Waals surface area (Å²) in [5.74, 6) is 0.833. The van der Waals surface area contributed by atoms with E-state index in [1.165, 1.54) is 25.7 Å². The lowest BCUT2D eigenvalue weighted by atomic mass is 9.83. The molecule has 0 saturated heterocycles. The van der Waals surface area contributed by atoms with Gasteiger partial charge < -0.3 is 0 Å². The Labute approximate surface area is 156 Å². The summed E-state index contributed by atoms with van der Waals surface area (Å²) in [6.45, 7) is 2.26. The molecule has 0 N–H and O–H groups in total. The number of fused-ring (bicyclic) bond motifs is 3. The molecule has 3 aromatic rings. The van der Waals surface area contributed by atoms with E-state index in [1.807, 2.05) is 29.9 Å². The third-order valence-corrected chi connectivity index (χ3v) is 6.25. The molecule has 2 aromatic heterocycles. The van der Waals surface area contributed by atoms with Crippen molar-refractivity contribution in [1.29, 1.82) is 0 Å². The van der Waals surface area contributed by atoms with E-state index in [4.69, 9.17) is 0 Å². The number of rotatable bonds is 3. The number of aryl methyl sites for hydroxylation is 1. The molecule has 1 fully saturated rings. The zero-order valence-electron chi connectivity index (χ0n) is 14.8. The fourth-order valence-corrected chi connectivity index (χ4v) is 4.80. The van der Waals surface area contributed by atoms with Crippen LogP contribution in [0, 0.1) is 5.92 Å². The first-order valence-electron chi connectivity index (χ1n) is 9.25. The SMILES string of the molecule is CCCC1CCC(n2c(=O)n(C)c3cnc4ccc(Br)cc4c32)CC1. The molecule has 0 bridgehead atoms. The highest BCUT2D eigenvalue weighted by atomic mass is 79.9. The maximum absolute atomic E-state index is 13.0. The number of halogens is 1. The summed E-state index contributed by atoms with van der Waals surface area (Å²) in [4.78, 5) is 17.6. The molecule has 0 aliphatic heterocycles. The average Bonchev–Trinajstić information content (AvgIpc) is 2.88. The van der Waals surface area contributed by atoms with Crippen LogP contribution in [0.4, 0.5) is 0 Å². The van der Waals surface area contributed by atoms with Crippen LogP contribution in [-0.2, 0) is 7.05 Å². The van der Waals surface area contributed by atoms with Gasteiger partial charge in [-0.1, -0.05) is 35.7 Å². The van der Waals surface area contributed by atoms with Gasteiger partial charge >= 0.3 is 5.69 Å². The summed E-state index contributed by atoms with van der Waals surface area (Å²) >= 11 is 3.57. The molecule has 25 heavy (non-hydrogen) atoms. The van der Waals surface area contributed by atoms with Crippen molar-refractivity contribution in [2.75, 3.05) is 0 Å². The first-order valence-corrected chi connectivity index (χ1v) is 10.0. The number of hydrogen-bond donors (Lipinski definition) is 0. The lowest BCUT2D eigenvalue weighted by molar-refractivity contribution is 0.262. The van der Waals surface area contributed by atoms with E-state index in [9.17, 15) is 4.79 Å². The monoisotopic (exact) mass is 401 g/mol. The minimum absolute atomic E-state index is 0.0863. The minimum atomic E-state index is 0.0863. The van der Waals surface area contributed by atoms with Gasteiger partial charge in [-0.15, -0.1) is 0 Å². The van der Waals surface area contributed by atoms with E-state index < -0.39 is 0 Å². The van der Waals surface area contributed by atoms with Crippen LogP contribution < -0.4 is 5.69 Å². The zero-order valence-corrected chi connectivity index (χ0v) is 16.4. The Balaban J connectivity index is 1.87. The zero-order chi connectivity index (χ0) is 17.6. The van der Waals surface area contributed by atoms with Gasteiger partial charge in [-0.3, -0.25) is 14.1 Å². The van der Waals surface area contributed by atoms with Crippen LogP contribution in [0.1, 0.15) is 51.5 Å². The second kappa shape index (κ2) is 6.60. The number of pyridine rings is 1. The Morgan fingerprint density at radius 3 is 2.72 bits per heavy atom. The quantitative estimate of drug-likeness (QED) is 0.606. The third kappa shape index (κ3) is 2.82. The second-order valence-electron chi connectivity index (χ2n) is 7.33. The van der Waals surface area contributed by atoms with Crippen LogP contribution in [-0.4, -0.2) is 14.1 Å². The van der Waals surface area contributed by atoms with Gasteiger partial charge in [-0.05, 0) is 49.8 Å². The Bertz CT molecular complexity index is 980. The average molecular weight is 402 g/mol. The molecule has 4 nitrogen and oxygen atoms in total. The first-order chi connectivity index (χ1) is 12.1. The predicted octanol–water partition coefficient (Wildman–Crippen LogP) is 5.18. The van der Waals surface area contributed by atoms with Crippen molar-refractivity contribution in [1.82, 2.24) is 14.1 Å². The van der Waals surface area contributed by atoms with Crippen molar-refractivity contribution in [3.8, 4) is 0 Å². The van der Waals surface area contributed by atoms with Crippen LogP contribution in [0.5, 0.6) is 0 Å². The van der Waals surface area contributed by atoms with E-state index >= 15 is 0 Å². The number of imidazole rings is 1. The molecular weight excluding hydrogens is 378 g/mol. The summed E-state index contributed by atoms with van der Waals surface area (Å²) in [6.07, 6.45) is 9.07. The van der Waals surface area contributed by atoms with Gasteiger partial charge in [-0.2, -0.15) is 0 Å². The van der Waals surface area contributed by atoms with Crippen molar-refractivity contribution in [3.63, 3.8) is 0 Å². The molecule has 1 aliphatic carbocycles. The molecule has 0 spiro atoms. The number of hydrogen-bond acceptors (Lipinski definition) is 2. The summed E-state index contributed by atoms with van der Waals surface area (Å²) in [5, 5.41) is 1.06. The molecule has 0 unspecified atom stereocenters. The largest absolute Gasteiger partial charge is 0.329 e. The van der Waals surface area contributed by atoms with E-state index in [2.05, 4.69) is 33.9 Å². The van der Waals surface area contributed by atoms with Crippen LogP contribution in [0.25, 0.3) is 21.9 Å². The highest BCUT2D eigenvalue weighted by Gasteiger charge is 2.26. The Morgan fingerprint density at radius 2 is 2.00 bits per heavy atom. The summed E-state index contributed by atoms with van der Waals surface area (Å²) < 4.78 is 4.82. The molecule has 5 heteroatoms. The van der Waals surface area contributed by atoms with Crippen molar-refractivity contribution in [2.24, 2.45) is 13.0 Å². The van der Waals surface area contributed by atoms with Gasteiger partial charge in [0.2, 0.25) is 0 Å². The summed E-state index contributed by atoms with van der Waals surface area (Å²) in [5.41, 5.74) is 2.99. The molecule has 4 rings (SSSR count). The lowest BCUT2D eigenvalue weighted by Crippen LogP contribution is -2.28. The lowest BCUT2D eigenvalue weighted by Gasteiger charge is -2.29. The predicted molar refractivity (Wildman–Crippen MR) is 106 cm³/mol. The molecule has 132 valence electrons. The maximum Gasteiger partial charge on any atom is 0.329 e. The summed E-state index contributed by atoms with van der Waals surface area (Å²) in [6, 6.07) is 6.40. The standard InChI is InChI=1S/C20H24BrN3O/c1-3-4-13-5-8-15(9-6-13)24-19-16-11-14(21)7-10-17(16)22-12-18(19)23(2)20(24)25/h7,10-13,15H,3-6,8-9H2,1-2H3. The number of aromatic nitrogens is 3. The fraction of sp³-hybridized carbons (Fsp3) is 0.500. The topological polar surface area (TPSA) is 39.8 Å². The summed E-state index contributed by atoms with van der Waals surface area (Å²) in [7, 11) is 1.86. The Kier molecular flexibility index (Phi) is 4.44. The van der Waals surface area contributed by atoms with Gasteiger partial charge in [0, 0.05) is 22.9 Å². The fourth-order valence-electron chi connectivity index (χ4n) is 4.44. The van der Waals surface area contributed by atoms with E-state index in [-0.39, 0.29) is 5.69 Å². The van der Waals surface area contributed by atoms with Gasteiger partial charge in [-0.25, -0.2) is 4.79 Å². The molecule has 0 radical (unpaired) electrons. The molecule has 0 atom stereocenters. The van der Waals surface area contributed by atoms with E-state index in [1.54, 1.807) is 4.57 Å². The normalized spacial score (nSPS) is 21.2. The van der Waals surface area contributed by atoms with Crippen LogP contribution in [0.2, 0.25) is 0 Å². The van der Waals surface area contributed by atoms with Crippen molar-refractivity contribution in [2.45, 2.75) is 51.5 Å². The van der Waals surface area contributed by atoms with Crippen molar-refractivity contribution >= 4 is 37.9 Å². The molecular formula is C20H24BrN3O. The van der Waals surface area contributed by atoms with Crippen LogP contribution in [0.15, 0.2) is 33.7 Å². The Morgan fingerprint density at radius 1 is 1.24 bits per heavy atom. The Hall–Kier alpha value is -1.62. The van der Waals surface area contributed by atoms with Gasteiger partial charge in [0.15, 0.2) is 0 Å². The highest BCUT2D eigenvalue weighted by Crippen LogP contribution is 2.36. The molecule has 0 amide bonds. The molecule has 1 aliphatic rings. The molecule has 2 heterocycles. The molecule has 1 saturated carbocycles. The van der Waals surface area contributed by atoms with E-state index in [0.717, 1.165) is 45.2 Å². The number of nitrogens with zero attached hydrogens (tertiary/aromatic N) is 3. The maximum atomic E-state index is 13.0. The minimum Gasteiger partial charge on any atom is -0.293 e. The number of benzene rings is 1. The van der Waals surface area contributed by atoms with Gasteiger partial charge in [0.1, 0.15) is 0 Å². The van der Waals surface area contributed by atoms with Crippen LogP contribution >= 0.6 is 15.9 Å². The van der Waals surface area contributed by atoms with Crippen molar-refractivity contribution in [3.05, 3.63) is 39.4 Å². The van der Waals surface area contributed by atoms with Gasteiger partial charge in [0.25, 0.3) is 0 Å². The van der Waals surface area contributed by atoms with Gasteiger partial charge in [0.05, 0.1) is 22.7 Å². The third-order valence-electron chi connectivity index (χ3n) is 5.76. The van der Waals surface area contributed by atoms with Crippen molar-refractivity contribution < 1.29 is 0 Å². The smallest absolute Gasteiger partial charge is 0.293 e.